The van der Waals surface area contributed by atoms with Crippen LogP contribution in [0.1, 0.15) is 0 Å². The minimum Gasteiger partial charge on any atom is -0.368 e. The molecule has 0 aromatic carbocycles. The predicted molar refractivity (Wildman–Crippen MR) is 54.8 cm³/mol. The normalized spacial score (nSPS) is 11.1. The topological polar surface area (TPSA) is 114 Å². The van der Waals surface area contributed by atoms with Crippen molar-refractivity contribution in [3.8, 4) is 0 Å². The van der Waals surface area contributed by atoms with Gasteiger partial charge in [0.25, 0.3) is 5.56 Å². The number of hydrogen-bond donors (Lipinski definition) is 2. The molecule has 0 saturated heterocycles. The SMILES string of the molecule is Cn1c(=O)c2nc(N)n(N)c2n(C)c1=O. The van der Waals surface area contributed by atoms with Gasteiger partial charge in [-0.1, -0.05) is 0 Å². The van der Waals surface area contributed by atoms with Gasteiger partial charge in [0.15, 0.2) is 11.2 Å². The Morgan fingerprint density at radius 3 is 2.40 bits per heavy atom. The Labute approximate surface area is 83.3 Å². The number of imidazole rings is 1. The average Bonchev–Trinajstić information content (AvgIpc) is 2.50. The highest BCUT2D eigenvalue weighted by Crippen LogP contribution is 2.07. The van der Waals surface area contributed by atoms with E-state index in [1.807, 2.05) is 0 Å². The van der Waals surface area contributed by atoms with Crippen LogP contribution in [-0.4, -0.2) is 18.8 Å². The molecule has 0 bridgehead atoms. The Bertz CT molecular complexity index is 661. The smallest absolute Gasteiger partial charge is 0.332 e. The van der Waals surface area contributed by atoms with E-state index in [-0.39, 0.29) is 17.1 Å². The van der Waals surface area contributed by atoms with E-state index < -0.39 is 11.2 Å². The minimum atomic E-state index is -0.510. The fourth-order valence-corrected chi connectivity index (χ4v) is 1.47. The van der Waals surface area contributed by atoms with Crippen LogP contribution in [0.25, 0.3) is 11.2 Å². The molecule has 0 aliphatic rings. The van der Waals surface area contributed by atoms with Gasteiger partial charge in [-0.25, -0.2) is 14.5 Å². The van der Waals surface area contributed by atoms with Crippen molar-refractivity contribution in [3.63, 3.8) is 0 Å². The number of hydrogen-bond acceptors (Lipinski definition) is 5. The average molecular weight is 210 g/mol. The zero-order valence-corrected chi connectivity index (χ0v) is 8.26. The molecule has 0 radical (unpaired) electrons. The zero-order chi connectivity index (χ0) is 11.3. The van der Waals surface area contributed by atoms with Gasteiger partial charge in [-0.2, -0.15) is 0 Å². The molecule has 8 heteroatoms. The minimum absolute atomic E-state index is 0.0108. The van der Waals surface area contributed by atoms with Gasteiger partial charge < -0.3 is 11.6 Å². The molecule has 0 fully saturated rings. The van der Waals surface area contributed by atoms with Gasteiger partial charge in [0.05, 0.1) is 0 Å². The fraction of sp³-hybridized carbons (Fsp3) is 0.286. The summed E-state index contributed by atoms with van der Waals surface area (Å²) >= 11 is 0. The first-order chi connectivity index (χ1) is 6.95. The summed E-state index contributed by atoms with van der Waals surface area (Å²) in [4.78, 5) is 27.0. The molecule has 0 unspecified atom stereocenters. The van der Waals surface area contributed by atoms with Gasteiger partial charge in [0.1, 0.15) is 0 Å². The predicted octanol–water partition coefficient (Wildman–Crippen LogP) is -2.27. The molecule has 8 nitrogen and oxygen atoms in total. The Morgan fingerprint density at radius 1 is 1.20 bits per heavy atom. The lowest BCUT2D eigenvalue weighted by Gasteiger charge is -2.04. The van der Waals surface area contributed by atoms with Gasteiger partial charge in [-0.15, -0.1) is 0 Å². The van der Waals surface area contributed by atoms with Crippen molar-refractivity contribution >= 4 is 17.1 Å². The van der Waals surface area contributed by atoms with Crippen LogP contribution in [0.4, 0.5) is 5.95 Å². The van der Waals surface area contributed by atoms with E-state index >= 15 is 0 Å². The van der Waals surface area contributed by atoms with E-state index in [1.54, 1.807) is 0 Å². The molecule has 15 heavy (non-hydrogen) atoms. The van der Waals surface area contributed by atoms with Crippen molar-refractivity contribution in [2.45, 2.75) is 0 Å². The fourth-order valence-electron chi connectivity index (χ4n) is 1.47. The summed E-state index contributed by atoms with van der Waals surface area (Å²) in [5, 5.41) is 0. The first-order valence-electron chi connectivity index (χ1n) is 4.14. The van der Waals surface area contributed by atoms with E-state index in [9.17, 15) is 9.59 Å². The summed E-state index contributed by atoms with van der Waals surface area (Å²) < 4.78 is 3.19. The Balaban J connectivity index is 3.23. The summed E-state index contributed by atoms with van der Waals surface area (Å²) in [7, 11) is 2.87. The van der Waals surface area contributed by atoms with Crippen molar-refractivity contribution in [3.05, 3.63) is 20.8 Å². The van der Waals surface area contributed by atoms with Gasteiger partial charge in [-0.05, 0) is 0 Å². The van der Waals surface area contributed by atoms with E-state index in [1.165, 1.54) is 18.7 Å². The molecule has 4 N–H and O–H groups in total. The summed E-state index contributed by atoms with van der Waals surface area (Å²) in [5.74, 6) is 5.54. The van der Waals surface area contributed by atoms with Crippen LogP contribution in [0.3, 0.4) is 0 Å². The number of fused-ring (bicyclic) bond motifs is 1. The van der Waals surface area contributed by atoms with Crippen molar-refractivity contribution < 1.29 is 0 Å². The second-order valence-electron chi connectivity index (χ2n) is 3.22. The van der Waals surface area contributed by atoms with Gasteiger partial charge in [-0.3, -0.25) is 13.9 Å². The number of nitrogens with two attached hydrogens (primary N) is 2. The van der Waals surface area contributed by atoms with Crippen LogP contribution in [0.2, 0.25) is 0 Å². The molecular weight excluding hydrogens is 200 g/mol. The van der Waals surface area contributed by atoms with Gasteiger partial charge in [0, 0.05) is 14.1 Å². The maximum atomic E-state index is 11.6. The van der Waals surface area contributed by atoms with Crippen LogP contribution in [0.5, 0.6) is 0 Å². The van der Waals surface area contributed by atoms with E-state index in [0.717, 1.165) is 9.24 Å². The largest absolute Gasteiger partial charge is 0.368 e. The van der Waals surface area contributed by atoms with Crippen LogP contribution in [0, 0.1) is 0 Å². The third-order valence-corrected chi connectivity index (χ3v) is 2.31. The molecule has 80 valence electrons. The lowest BCUT2D eigenvalue weighted by atomic mass is 10.5. The first kappa shape index (κ1) is 9.31. The molecule has 0 spiro atoms. The van der Waals surface area contributed by atoms with E-state index in [0.29, 0.717) is 0 Å². The Hall–Kier alpha value is -2.25. The van der Waals surface area contributed by atoms with Crippen molar-refractivity contribution in [1.29, 1.82) is 0 Å². The quantitative estimate of drug-likeness (QED) is 0.476. The highest BCUT2D eigenvalue weighted by Gasteiger charge is 2.15. The molecule has 2 heterocycles. The third-order valence-electron chi connectivity index (χ3n) is 2.31. The number of anilines is 1. The first-order valence-corrected chi connectivity index (χ1v) is 4.14. The van der Waals surface area contributed by atoms with Crippen LogP contribution in [0.15, 0.2) is 9.59 Å². The van der Waals surface area contributed by atoms with Crippen molar-refractivity contribution in [2.75, 3.05) is 11.6 Å². The number of aryl methyl sites for hydroxylation is 1. The maximum absolute atomic E-state index is 11.6. The number of nitrogen functional groups attached to an aromatic ring is 2. The Kier molecular flexibility index (Phi) is 1.63. The summed E-state index contributed by atoms with van der Waals surface area (Å²) in [5.41, 5.74) is 4.76. The van der Waals surface area contributed by atoms with Gasteiger partial charge in [0.2, 0.25) is 5.95 Å². The monoisotopic (exact) mass is 210 g/mol. The van der Waals surface area contributed by atoms with Crippen molar-refractivity contribution in [2.24, 2.45) is 14.1 Å². The molecule has 0 amide bonds. The molecular formula is C7H10N6O2. The number of aromatic nitrogens is 4. The Morgan fingerprint density at radius 2 is 1.80 bits per heavy atom. The number of rotatable bonds is 0. The molecule has 0 atom stereocenters. The standard InChI is InChI=1S/C7H10N6O2/c1-11-4-3(10-6(8)13(4)9)5(14)12(2)7(11)15/h9H2,1-2H3,(H2,8,10). The highest BCUT2D eigenvalue weighted by atomic mass is 16.2. The summed E-state index contributed by atoms with van der Waals surface area (Å²) in [6, 6.07) is 0. The summed E-state index contributed by atoms with van der Waals surface area (Å²) in [6.07, 6.45) is 0. The molecule has 2 rings (SSSR count). The van der Waals surface area contributed by atoms with E-state index in [2.05, 4.69) is 4.98 Å². The molecule has 0 saturated carbocycles. The second kappa shape index (κ2) is 2.62. The van der Waals surface area contributed by atoms with Crippen molar-refractivity contribution in [1.82, 2.24) is 18.8 Å². The molecule has 0 aliphatic carbocycles. The molecule has 2 aromatic heterocycles. The van der Waals surface area contributed by atoms with E-state index in [4.69, 9.17) is 11.6 Å². The van der Waals surface area contributed by atoms with Crippen LogP contribution >= 0.6 is 0 Å². The lowest BCUT2D eigenvalue weighted by molar-refractivity contribution is 0.702. The third kappa shape index (κ3) is 0.981. The second-order valence-corrected chi connectivity index (χ2v) is 3.22. The van der Waals surface area contributed by atoms with Gasteiger partial charge >= 0.3 is 5.69 Å². The lowest BCUT2D eigenvalue weighted by Crippen LogP contribution is -2.37. The maximum Gasteiger partial charge on any atom is 0.332 e. The molecule has 0 aliphatic heterocycles. The van der Waals surface area contributed by atoms with Crippen LogP contribution < -0.4 is 22.8 Å². The highest BCUT2D eigenvalue weighted by molar-refractivity contribution is 5.73. The zero-order valence-electron chi connectivity index (χ0n) is 8.26. The summed E-state index contributed by atoms with van der Waals surface area (Å²) in [6.45, 7) is 0. The molecule has 2 aromatic rings. The number of nitrogens with zero attached hydrogens (tertiary/aromatic N) is 4. The van der Waals surface area contributed by atoms with Crippen LogP contribution in [-0.2, 0) is 14.1 Å².